The van der Waals surface area contributed by atoms with E-state index in [0.717, 1.165) is 56.0 Å². The summed E-state index contributed by atoms with van der Waals surface area (Å²) in [4.78, 5) is 0. The fourth-order valence-corrected chi connectivity index (χ4v) is 2.87. The normalized spacial score (nSPS) is 13.6. The number of nitrogens with one attached hydrogen (secondary N) is 1. The van der Waals surface area contributed by atoms with Crippen LogP contribution in [0.1, 0.15) is 31.4 Å². The Morgan fingerprint density at radius 2 is 2.25 bits per heavy atom. The molecule has 0 saturated heterocycles. The maximum absolute atomic E-state index is 5.72. The number of rotatable bonds is 8. The first-order valence-electron chi connectivity index (χ1n) is 7.39. The zero-order valence-electron chi connectivity index (χ0n) is 12.4. The predicted molar refractivity (Wildman–Crippen MR) is 85.3 cm³/mol. The van der Waals surface area contributed by atoms with Gasteiger partial charge in [-0.1, -0.05) is 29.8 Å². The average molecular weight is 342 g/mol. The molecule has 0 unspecified atom stereocenters. The Morgan fingerprint density at radius 1 is 1.40 bits per heavy atom. The number of ether oxygens (including phenoxy) is 2. The molecule has 0 spiro atoms. The molecule has 0 radical (unpaired) electrons. The fourth-order valence-electron chi connectivity index (χ4n) is 2.32. The first-order chi connectivity index (χ1) is 9.66. The van der Waals surface area contributed by atoms with Crippen LogP contribution in [0.3, 0.4) is 0 Å². The van der Waals surface area contributed by atoms with E-state index in [1.807, 2.05) is 0 Å². The van der Waals surface area contributed by atoms with Gasteiger partial charge in [-0.3, -0.25) is 0 Å². The monoisotopic (exact) mass is 341 g/mol. The molecule has 20 heavy (non-hydrogen) atoms. The summed E-state index contributed by atoms with van der Waals surface area (Å²) in [6.07, 6.45) is 2.06. The minimum Gasteiger partial charge on any atom is -0.493 e. The summed E-state index contributed by atoms with van der Waals surface area (Å²) in [6, 6.07) is 4.30. The smallest absolute Gasteiger partial charge is 0.127 e. The van der Waals surface area contributed by atoms with Gasteiger partial charge in [0.15, 0.2) is 0 Å². The van der Waals surface area contributed by atoms with Gasteiger partial charge in [0.2, 0.25) is 0 Å². The predicted octanol–water partition coefficient (Wildman–Crippen LogP) is 3.54. The summed E-state index contributed by atoms with van der Waals surface area (Å²) in [7, 11) is 0. The number of fused-ring (bicyclic) bond motifs is 1. The lowest BCUT2D eigenvalue weighted by Crippen LogP contribution is -2.17. The lowest BCUT2D eigenvalue weighted by atomic mass is 10.1. The summed E-state index contributed by atoms with van der Waals surface area (Å²) in [5.74, 6) is 1.70. The van der Waals surface area contributed by atoms with E-state index in [-0.39, 0.29) is 0 Å². The van der Waals surface area contributed by atoms with Gasteiger partial charge in [-0.2, -0.15) is 0 Å². The second kappa shape index (κ2) is 8.01. The van der Waals surface area contributed by atoms with Crippen molar-refractivity contribution in [1.82, 2.24) is 5.32 Å². The number of halogens is 1. The zero-order valence-corrected chi connectivity index (χ0v) is 14.0. The summed E-state index contributed by atoms with van der Waals surface area (Å²) in [5.41, 5.74) is 2.56. The van der Waals surface area contributed by atoms with Crippen molar-refractivity contribution >= 4 is 15.9 Å². The highest BCUT2D eigenvalue weighted by atomic mass is 79.9. The third-order valence-corrected chi connectivity index (χ3v) is 3.69. The number of hydrogen-bond acceptors (Lipinski definition) is 3. The van der Waals surface area contributed by atoms with Crippen LogP contribution in [0.2, 0.25) is 0 Å². The minimum atomic E-state index is 0.615. The van der Waals surface area contributed by atoms with E-state index in [9.17, 15) is 0 Å². The summed E-state index contributed by atoms with van der Waals surface area (Å²) < 4.78 is 12.4. The van der Waals surface area contributed by atoms with Crippen LogP contribution < -0.4 is 10.1 Å². The van der Waals surface area contributed by atoms with E-state index in [0.29, 0.717) is 5.92 Å². The molecule has 0 aromatic heterocycles. The Hall–Kier alpha value is -0.580. The van der Waals surface area contributed by atoms with Crippen LogP contribution in [0.5, 0.6) is 5.75 Å². The summed E-state index contributed by atoms with van der Waals surface area (Å²) >= 11 is 3.57. The Kier molecular flexibility index (Phi) is 6.33. The fraction of sp³-hybridized carbons (Fsp3) is 0.625. The van der Waals surface area contributed by atoms with Crippen LogP contribution in [-0.2, 0) is 17.7 Å². The molecule has 0 saturated carbocycles. The third kappa shape index (κ3) is 4.76. The zero-order chi connectivity index (χ0) is 14.4. The third-order valence-electron chi connectivity index (χ3n) is 3.23. The second-order valence-corrected chi connectivity index (χ2v) is 6.57. The largest absolute Gasteiger partial charge is 0.493 e. The molecule has 2 rings (SSSR count). The Morgan fingerprint density at radius 3 is 3.05 bits per heavy atom. The van der Waals surface area contributed by atoms with Crippen molar-refractivity contribution in [2.45, 2.75) is 33.2 Å². The minimum absolute atomic E-state index is 0.615. The van der Waals surface area contributed by atoms with Gasteiger partial charge in [0.25, 0.3) is 0 Å². The number of hydrogen-bond donors (Lipinski definition) is 1. The molecule has 1 aliphatic heterocycles. The molecular formula is C16H24BrNO2. The van der Waals surface area contributed by atoms with Crippen molar-refractivity contribution in [3.8, 4) is 5.75 Å². The van der Waals surface area contributed by atoms with Crippen molar-refractivity contribution < 1.29 is 9.47 Å². The van der Waals surface area contributed by atoms with Gasteiger partial charge in [0.1, 0.15) is 5.75 Å². The molecule has 0 bridgehead atoms. The van der Waals surface area contributed by atoms with E-state index in [1.165, 1.54) is 11.1 Å². The molecular weight excluding hydrogens is 318 g/mol. The maximum Gasteiger partial charge on any atom is 0.127 e. The molecule has 1 aliphatic rings. The van der Waals surface area contributed by atoms with E-state index >= 15 is 0 Å². The van der Waals surface area contributed by atoms with Gasteiger partial charge >= 0.3 is 0 Å². The molecule has 1 heterocycles. The number of benzene rings is 1. The standard InChI is InChI=1S/C16H24BrNO2/c1-12(2)11-19-6-3-5-18-10-14-9-15(17)8-13-4-7-20-16(13)14/h8-9,12,18H,3-7,10-11H2,1-2H3. The molecule has 112 valence electrons. The quantitative estimate of drug-likeness (QED) is 0.733. The molecule has 1 aromatic rings. The highest BCUT2D eigenvalue weighted by molar-refractivity contribution is 9.10. The van der Waals surface area contributed by atoms with Crippen LogP contribution >= 0.6 is 15.9 Å². The first-order valence-corrected chi connectivity index (χ1v) is 8.18. The second-order valence-electron chi connectivity index (χ2n) is 5.65. The molecule has 4 heteroatoms. The molecule has 1 N–H and O–H groups in total. The van der Waals surface area contributed by atoms with E-state index in [4.69, 9.17) is 9.47 Å². The highest BCUT2D eigenvalue weighted by Crippen LogP contribution is 2.32. The molecule has 0 amide bonds. The first kappa shape index (κ1) is 15.8. The average Bonchev–Trinajstić information content (AvgIpc) is 2.85. The van der Waals surface area contributed by atoms with E-state index in [1.54, 1.807) is 0 Å². The molecule has 0 fully saturated rings. The van der Waals surface area contributed by atoms with Crippen molar-refractivity contribution in [2.24, 2.45) is 5.92 Å². The van der Waals surface area contributed by atoms with Crippen molar-refractivity contribution in [2.75, 3.05) is 26.4 Å². The molecule has 0 aliphatic carbocycles. The van der Waals surface area contributed by atoms with Crippen LogP contribution in [-0.4, -0.2) is 26.4 Å². The molecule has 3 nitrogen and oxygen atoms in total. The van der Waals surface area contributed by atoms with Gasteiger partial charge in [-0.25, -0.2) is 0 Å². The van der Waals surface area contributed by atoms with E-state index < -0.39 is 0 Å². The van der Waals surface area contributed by atoms with Gasteiger partial charge in [-0.15, -0.1) is 0 Å². The van der Waals surface area contributed by atoms with Crippen LogP contribution in [0.4, 0.5) is 0 Å². The van der Waals surface area contributed by atoms with E-state index in [2.05, 4.69) is 47.2 Å². The van der Waals surface area contributed by atoms with Crippen LogP contribution in [0, 0.1) is 5.92 Å². The molecule has 0 atom stereocenters. The van der Waals surface area contributed by atoms with Gasteiger partial charge in [0, 0.05) is 36.2 Å². The van der Waals surface area contributed by atoms with Crippen LogP contribution in [0.25, 0.3) is 0 Å². The Labute approximate surface area is 130 Å². The van der Waals surface area contributed by atoms with Crippen molar-refractivity contribution in [3.63, 3.8) is 0 Å². The van der Waals surface area contributed by atoms with Gasteiger partial charge < -0.3 is 14.8 Å². The lowest BCUT2D eigenvalue weighted by Gasteiger charge is -2.11. The highest BCUT2D eigenvalue weighted by Gasteiger charge is 2.16. The van der Waals surface area contributed by atoms with Crippen molar-refractivity contribution in [1.29, 1.82) is 0 Å². The Balaban J connectivity index is 1.70. The molecule has 1 aromatic carbocycles. The SMILES string of the molecule is CC(C)COCCCNCc1cc(Br)cc2c1OCC2. The summed E-state index contributed by atoms with van der Waals surface area (Å²) in [5, 5.41) is 3.47. The summed E-state index contributed by atoms with van der Waals surface area (Å²) in [6.45, 7) is 8.66. The lowest BCUT2D eigenvalue weighted by molar-refractivity contribution is 0.108. The van der Waals surface area contributed by atoms with Gasteiger partial charge in [-0.05, 0) is 36.6 Å². The topological polar surface area (TPSA) is 30.5 Å². The maximum atomic E-state index is 5.72. The van der Waals surface area contributed by atoms with Crippen molar-refractivity contribution in [3.05, 3.63) is 27.7 Å². The van der Waals surface area contributed by atoms with Crippen LogP contribution in [0.15, 0.2) is 16.6 Å². The van der Waals surface area contributed by atoms with Gasteiger partial charge in [0.05, 0.1) is 6.61 Å². The Bertz CT molecular complexity index is 435.